The summed E-state index contributed by atoms with van der Waals surface area (Å²) in [5, 5.41) is 10.8. The molecule has 2 heterocycles. The highest BCUT2D eigenvalue weighted by atomic mass is 32.2. The van der Waals surface area contributed by atoms with Crippen LogP contribution in [0, 0.1) is 6.92 Å². The van der Waals surface area contributed by atoms with Crippen molar-refractivity contribution >= 4 is 27.3 Å². The third-order valence-electron chi connectivity index (χ3n) is 5.21. The molecule has 1 aromatic carbocycles. The third-order valence-corrected chi connectivity index (χ3v) is 7.27. The molecule has 3 rings (SSSR count). The van der Waals surface area contributed by atoms with Gasteiger partial charge in [0.1, 0.15) is 0 Å². The zero-order chi connectivity index (χ0) is 21.0. The van der Waals surface area contributed by atoms with Gasteiger partial charge in [0.2, 0.25) is 16.4 Å². The molecule has 1 aliphatic heterocycles. The lowest BCUT2D eigenvalue weighted by atomic mass is 10.1. The van der Waals surface area contributed by atoms with Crippen LogP contribution in [-0.4, -0.2) is 65.4 Å². The van der Waals surface area contributed by atoms with Crippen molar-refractivity contribution in [2.45, 2.75) is 45.4 Å². The molecule has 158 valence electrons. The van der Waals surface area contributed by atoms with E-state index in [0.29, 0.717) is 37.6 Å². The number of aryl methyl sites for hydroxylation is 1. The average Bonchev–Trinajstić information content (AvgIpc) is 2.71. The van der Waals surface area contributed by atoms with E-state index >= 15 is 0 Å². The standard InChI is InChI=1S/C20H27N3O5S/c1-15-11-17(19-5-3-4-6-20(19)21-15)12-28-18-7-9-22(10-8-18)29(26,27)13-16(2)23(25)14-24/h3-6,11,14,16,18,25H,7-10,12-13H2,1-2H3/t16-/m1/s1. The van der Waals surface area contributed by atoms with Gasteiger partial charge in [-0.1, -0.05) is 18.2 Å². The molecular weight excluding hydrogens is 394 g/mol. The zero-order valence-electron chi connectivity index (χ0n) is 16.7. The zero-order valence-corrected chi connectivity index (χ0v) is 17.5. The number of rotatable bonds is 8. The van der Waals surface area contributed by atoms with Crippen molar-refractivity contribution in [1.29, 1.82) is 0 Å². The van der Waals surface area contributed by atoms with Gasteiger partial charge in [-0.05, 0) is 44.4 Å². The van der Waals surface area contributed by atoms with E-state index in [4.69, 9.17) is 4.74 Å². The van der Waals surface area contributed by atoms with Crippen molar-refractivity contribution in [2.24, 2.45) is 0 Å². The second-order valence-corrected chi connectivity index (χ2v) is 9.48. The lowest BCUT2D eigenvalue weighted by Gasteiger charge is -2.32. The van der Waals surface area contributed by atoms with Gasteiger partial charge in [-0.15, -0.1) is 0 Å². The van der Waals surface area contributed by atoms with Crippen LogP contribution in [0.15, 0.2) is 30.3 Å². The van der Waals surface area contributed by atoms with Gasteiger partial charge in [0, 0.05) is 24.2 Å². The Morgan fingerprint density at radius 2 is 2.03 bits per heavy atom. The topological polar surface area (TPSA) is 100 Å². The Bertz CT molecular complexity index is 958. The van der Waals surface area contributed by atoms with Crippen molar-refractivity contribution in [3.05, 3.63) is 41.6 Å². The minimum Gasteiger partial charge on any atom is -0.373 e. The fraction of sp³-hybridized carbons (Fsp3) is 0.500. The van der Waals surface area contributed by atoms with Crippen molar-refractivity contribution in [2.75, 3.05) is 18.8 Å². The third kappa shape index (κ3) is 5.30. The molecule has 1 aliphatic rings. The highest BCUT2D eigenvalue weighted by Gasteiger charge is 2.30. The van der Waals surface area contributed by atoms with E-state index in [2.05, 4.69) is 4.98 Å². The van der Waals surface area contributed by atoms with Gasteiger partial charge in [0.05, 0.1) is 30.0 Å². The van der Waals surface area contributed by atoms with Crippen molar-refractivity contribution < 1.29 is 23.2 Å². The van der Waals surface area contributed by atoms with Crippen LogP contribution >= 0.6 is 0 Å². The molecule has 9 heteroatoms. The molecule has 0 radical (unpaired) electrons. The van der Waals surface area contributed by atoms with Gasteiger partial charge in [-0.2, -0.15) is 0 Å². The Hall–Kier alpha value is -2.07. The van der Waals surface area contributed by atoms with Crippen molar-refractivity contribution in [3.63, 3.8) is 0 Å². The van der Waals surface area contributed by atoms with Crippen LogP contribution in [0.2, 0.25) is 0 Å². The highest BCUT2D eigenvalue weighted by Crippen LogP contribution is 2.23. The normalized spacial score (nSPS) is 17.3. The summed E-state index contributed by atoms with van der Waals surface area (Å²) in [4.78, 5) is 15.1. The number of piperidine rings is 1. The summed E-state index contributed by atoms with van der Waals surface area (Å²) in [7, 11) is -3.55. The summed E-state index contributed by atoms with van der Waals surface area (Å²) >= 11 is 0. The Labute approximate surface area is 171 Å². The lowest BCUT2D eigenvalue weighted by molar-refractivity contribution is -0.156. The molecule has 0 spiro atoms. The first-order valence-electron chi connectivity index (χ1n) is 9.67. The van der Waals surface area contributed by atoms with E-state index in [0.717, 1.165) is 22.2 Å². The van der Waals surface area contributed by atoms with Crippen LogP contribution in [0.3, 0.4) is 0 Å². The number of ether oxygens (including phenoxy) is 1. The Kier molecular flexibility index (Phi) is 6.84. The molecule has 1 aromatic heterocycles. The Balaban J connectivity index is 1.56. The summed E-state index contributed by atoms with van der Waals surface area (Å²) in [6.07, 6.45) is 1.40. The summed E-state index contributed by atoms with van der Waals surface area (Å²) in [6, 6.07) is 9.17. The van der Waals surface area contributed by atoms with Crippen LogP contribution in [-0.2, 0) is 26.2 Å². The van der Waals surface area contributed by atoms with Crippen LogP contribution in [0.1, 0.15) is 31.0 Å². The smallest absolute Gasteiger partial charge is 0.233 e. The van der Waals surface area contributed by atoms with E-state index in [1.807, 2.05) is 37.3 Å². The molecule has 0 aliphatic carbocycles. The maximum Gasteiger partial charge on any atom is 0.233 e. The van der Waals surface area contributed by atoms with E-state index in [-0.39, 0.29) is 18.3 Å². The van der Waals surface area contributed by atoms with Gasteiger partial charge in [-0.3, -0.25) is 15.0 Å². The second kappa shape index (κ2) is 9.17. The number of carbonyl (C=O) groups is 1. The maximum atomic E-state index is 12.5. The molecule has 1 N–H and O–H groups in total. The SMILES string of the molecule is Cc1cc(COC2CCN(S(=O)(=O)C[C@@H](C)N(O)C=O)CC2)c2ccccc2n1. The van der Waals surface area contributed by atoms with Gasteiger partial charge in [0.25, 0.3) is 0 Å². The first-order valence-corrected chi connectivity index (χ1v) is 11.3. The number of para-hydroxylation sites is 1. The summed E-state index contributed by atoms with van der Waals surface area (Å²) in [6.45, 7) is 4.63. The predicted molar refractivity (Wildman–Crippen MR) is 109 cm³/mol. The summed E-state index contributed by atoms with van der Waals surface area (Å²) in [5.74, 6) is -0.309. The molecule has 0 saturated carbocycles. The van der Waals surface area contributed by atoms with Crippen LogP contribution in [0.4, 0.5) is 0 Å². The van der Waals surface area contributed by atoms with Gasteiger partial charge in [-0.25, -0.2) is 17.8 Å². The van der Waals surface area contributed by atoms with E-state index in [9.17, 15) is 18.4 Å². The van der Waals surface area contributed by atoms with Crippen molar-refractivity contribution in [1.82, 2.24) is 14.4 Å². The number of carbonyl (C=O) groups excluding carboxylic acids is 1. The quantitative estimate of drug-likeness (QED) is 0.398. The largest absolute Gasteiger partial charge is 0.373 e. The molecular formula is C20H27N3O5S. The number of hydrogen-bond donors (Lipinski definition) is 1. The van der Waals surface area contributed by atoms with Gasteiger partial charge in [0.15, 0.2) is 0 Å². The molecule has 1 saturated heterocycles. The van der Waals surface area contributed by atoms with E-state index < -0.39 is 16.1 Å². The minimum atomic E-state index is -3.55. The minimum absolute atomic E-state index is 0.0181. The number of sulfonamides is 1. The highest BCUT2D eigenvalue weighted by molar-refractivity contribution is 7.89. The Morgan fingerprint density at radius 3 is 2.72 bits per heavy atom. The second-order valence-electron chi connectivity index (χ2n) is 7.46. The lowest BCUT2D eigenvalue weighted by Crippen LogP contribution is -2.45. The molecule has 0 unspecified atom stereocenters. The number of amides is 1. The number of hydroxylamine groups is 2. The first kappa shape index (κ1) is 21.6. The fourth-order valence-electron chi connectivity index (χ4n) is 3.59. The molecule has 1 amide bonds. The maximum absolute atomic E-state index is 12.5. The molecule has 1 fully saturated rings. The number of benzene rings is 1. The van der Waals surface area contributed by atoms with Gasteiger partial charge < -0.3 is 4.74 Å². The molecule has 0 bridgehead atoms. The van der Waals surface area contributed by atoms with Crippen LogP contribution in [0.5, 0.6) is 0 Å². The van der Waals surface area contributed by atoms with E-state index in [1.165, 1.54) is 11.2 Å². The number of nitrogens with zero attached hydrogens (tertiary/aromatic N) is 3. The molecule has 29 heavy (non-hydrogen) atoms. The monoisotopic (exact) mass is 421 g/mol. The van der Waals surface area contributed by atoms with Crippen molar-refractivity contribution in [3.8, 4) is 0 Å². The number of fused-ring (bicyclic) bond motifs is 1. The molecule has 8 nitrogen and oxygen atoms in total. The van der Waals surface area contributed by atoms with Gasteiger partial charge >= 0.3 is 0 Å². The van der Waals surface area contributed by atoms with Crippen LogP contribution < -0.4 is 0 Å². The fourth-order valence-corrected chi connectivity index (χ4v) is 5.33. The summed E-state index contributed by atoms with van der Waals surface area (Å²) < 4.78 is 32.5. The number of aromatic nitrogens is 1. The number of hydrogen-bond acceptors (Lipinski definition) is 6. The average molecular weight is 422 g/mol. The summed E-state index contributed by atoms with van der Waals surface area (Å²) in [5.41, 5.74) is 2.95. The molecule has 1 atom stereocenters. The van der Waals surface area contributed by atoms with E-state index in [1.54, 1.807) is 0 Å². The number of pyridine rings is 1. The Morgan fingerprint density at radius 1 is 1.34 bits per heavy atom. The first-order chi connectivity index (χ1) is 13.8. The van der Waals surface area contributed by atoms with Crippen LogP contribution in [0.25, 0.3) is 10.9 Å². The predicted octanol–water partition coefficient (Wildman–Crippen LogP) is 2.09. The molecule has 2 aromatic rings.